The van der Waals surface area contributed by atoms with Crippen LogP contribution in [0, 0.1) is 0 Å². The number of benzene rings is 1. The van der Waals surface area contributed by atoms with E-state index in [1.807, 2.05) is 30.3 Å². The smallest absolute Gasteiger partial charge is 0.130 e. The van der Waals surface area contributed by atoms with Gasteiger partial charge in [-0.05, 0) is 31.4 Å². The molecule has 0 radical (unpaired) electrons. The molecule has 2 aromatic rings. The van der Waals surface area contributed by atoms with Crippen LogP contribution in [0.3, 0.4) is 0 Å². The van der Waals surface area contributed by atoms with Crippen LogP contribution in [-0.2, 0) is 0 Å². The van der Waals surface area contributed by atoms with Crippen LogP contribution in [0.5, 0.6) is 0 Å². The fourth-order valence-electron chi connectivity index (χ4n) is 3.00. The SMILES string of the molecule is NC(=S)c1cc(N2CCCCC2CO)nc2ccccc12. The van der Waals surface area contributed by atoms with Crippen molar-refractivity contribution in [1.29, 1.82) is 0 Å². The summed E-state index contributed by atoms with van der Waals surface area (Å²) in [5, 5.41) is 10.6. The van der Waals surface area contributed by atoms with E-state index in [2.05, 4.69) is 4.90 Å². The van der Waals surface area contributed by atoms with Gasteiger partial charge in [0.2, 0.25) is 0 Å². The predicted molar refractivity (Wildman–Crippen MR) is 89.7 cm³/mol. The zero-order chi connectivity index (χ0) is 14.8. The molecule has 110 valence electrons. The third-order valence-electron chi connectivity index (χ3n) is 4.10. The number of aliphatic hydroxyl groups is 1. The fraction of sp³-hybridized carbons (Fsp3) is 0.375. The van der Waals surface area contributed by atoms with Crippen molar-refractivity contribution in [2.24, 2.45) is 5.73 Å². The second kappa shape index (κ2) is 5.95. The minimum Gasteiger partial charge on any atom is -0.394 e. The zero-order valence-electron chi connectivity index (χ0n) is 11.8. The monoisotopic (exact) mass is 301 g/mol. The van der Waals surface area contributed by atoms with Crippen LogP contribution in [-0.4, -0.2) is 34.3 Å². The second-order valence-corrected chi connectivity index (χ2v) is 5.87. The summed E-state index contributed by atoms with van der Waals surface area (Å²) < 4.78 is 0. The van der Waals surface area contributed by atoms with E-state index in [1.165, 1.54) is 0 Å². The van der Waals surface area contributed by atoms with E-state index >= 15 is 0 Å². The van der Waals surface area contributed by atoms with Crippen LogP contribution < -0.4 is 10.6 Å². The Morgan fingerprint density at radius 2 is 2.19 bits per heavy atom. The molecule has 1 aliphatic rings. The van der Waals surface area contributed by atoms with Crippen LogP contribution >= 0.6 is 12.2 Å². The normalized spacial score (nSPS) is 18.9. The number of nitrogens with two attached hydrogens (primary N) is 1. The Kier molecular flexibility index (Phi) is 4.03. The summed E-state index contributed by atoms with van der Waals surface area (Å²) in [5.74, 6) is 0.857. The minimum atomic E-state index is 0.131. The second-order valence-electron chi connectivity index (χ2n) is 5.43. The van der Waals surface area contributed by atoms with Gasteiger partial charge in [-0.25, -0.2) is 4.98 Å². The lowest BCUT2D eigenvalue weighted by Gasteiger charge is -2.36. The third-order valence-corrected chi connectivity index (χ3v) is 4.32. The lowest BCUT2D eigenvalue weighted by Crippen LogP contribution is -2.42. The van der Waals surface area contributed by atoms with Crippen molar-refractivity contribution in [2.45, 2.75) is 25.3 Å². The van der Waals surface area contributed by atoms with Gasteiger partial charge in [-0.2, -0.15) is 0 Å². The molecule has 21 heavy (non-hydrogen) atoms. The van der Waals surface area contributed by atoms with Crippen molar-refractivity contribution in [1.82, 2.24) is 4.98 Å². The first-order chi connectivity index (χ1) is 10.2. The minimum absolute atomic E-state index is 0.131. The van der Waals surface area contributed by atoms with E-state index in [-0.39, 0.29) is 12.6 Å². The van der Waals surface area contributed by atoms with E-state index in [0.29, 0.717) is 4.99 Å². The van der Waals surface area contributed by atoms with Crippen LogP contribution in [0.25, 0.3) is 10.9 Å². The number of fused-ring (bicyclic) bond motifs is 1. The number of para-hydroxylation sites is 1. The average molecular weight is 301 g/mol. The molecule has 1 aromatic heterocycles. The van der Waals surface area contributed by atoms with Crippen LogP contribution in [0.4, 0.5) is 5.82 Å². The molecule has 3 N–H and O–H groups in total. The topological polar surface area (TPSA) is 62.4 Å². The number of hydrogen-bond acceptors (Lipinski definition) is 4. The summed E-state index contributed by atoms with van der Waals surface area (Å²) in [5.41, 5.74) is 7.62. The first-order valence-corrected chi connectivity index (χ1v) is 7.68. The number of rotatable bonds is 3. The van der Waals surface area contributed by atoms with Gasteiger partial charge in [0, 0.05) is 17.5 Å². The number of nitrogens with zero attached hydrogens (tertiary/aromatic N) is 2. The molecule has 4 nitrogen and oxygen atoms in total. The van der Waals surface area contributed by atoms with Gasteiger partial charge in [0.05, 0.1) is 18.2 Å². The Bertz CT molecular complexity index is 674. The number of anilines is 1. The first-order valence-electron chi connectivity index (χ1n) is 7.28. The lowest BCUT2D eigenvalue weighted by molar-refractivity contribution is 0.239. The average Bonchev–Trinajstić information content (AvgIpc) is 2.53. The number of aliphatic hydroxyl groups excluding tert-OH is 1. The molecule has 0 amide bonds. The summed E-state index contributed by atoms with van der Waals surface area (Å²) in [6, 6.07) is 9.97. The molecule has 5 heteroatoms. The predicted octanol–water partition coefficient (Wildman–Crippen LogP) is 2.22. The highest BCUT2D eigenvalue weighted by atomic mass is 32.1. The third kappa shape index (κ3) is 2.71. The van der Waals surface area contributed by atoms with Crippen molar-refractivity contribution >= 4 is 33.9 Å². The molecule has 3 rings (SSSR count). The highest BCUT2D eigenvalue weighted by Crippen LogP contribution is 2.27. The molecule has 0 saturated carbocycles. The molecule has 1 fully saturated rings. The quantitative estimate of drug-likeness (QED) is 0.851. The molecule has 2 heterocycles. The zero-order valence-corrected chi connectivity index (χ0v) is 12.6. The van der Waals surface area contributed by atoms with Gasteiger partial charge < -0.3 is 15.7 Å². The summed E-state index contributed by atoms with van der Waals surface area (Å²) >= 11 is 5.19. The maximum absolute atomic E-state index is 9.59. The van der Waals surface area contributed by atoms with E-state index in [9.17, 15) is 5.11 Å². The fourth-order valence-corrected chi connectivity index (χ4v) is 3.17. The lowest BCUT2D eigenvalue weighted by atomic mass is 10.0. The summed E-state index contributed by atoms with van der Waals surface area (Å²) in [7, 11) is 0. The van der Waals surface area contributed by atoms with Crippen molar-refractivity contribution in [2.75, 3.05) is 18.1 Å². The molecular formula is C16H19N3OS. The molecule has 0 bridgehead atoms. The van der Waals surface area contributed by atoms with Crippen LogP contribution in [0.1, 0.15) is 24.8 Å². The van der Waals surface area contributed by atoms with Gasteiger partial charge in [0.1, 0.15) is 10.8 Å². The summed E-state index contributed by atoms with van der Waals surface area (Å²) in [6.45, 7) is 1.06. The Balaban J connectivity index is 2.12. The van der Waals surface area contributed by atoms with Gasteiger partial charge in [0.25, 0.3) is 0 Å². The van der Waals surface area contributed by atoms with Crippen LogP contribution in [0.15, 0.2) is 30.3 Å². The summed E-state index contributed by atoms with van der Waals surface area (Å²) in [4.78, 5) is 7.30. The van der Waals surface area contributed by atoms with Gasteiger partial charge in [-0.1, -0.05) is 30.4 Å². The molecular weight excluding hydrogens is 282 g/mol. The highest BCUT2D eigenvalue weighted by molar-refractivity contribution is 7.80. The molecule has 1 saturated heterocycles. The maximum atomic E-state index is 9.59. The Morgan fingerprint density at radius 3 is 2.95 bits per heavy atom. The number of aromatic nitrogens is 1. The Labute approximate surface area is 129 Å². The highest BCUT2D eigenvalue weighted by Gasteiger charge is 2.23. The van der Waals surface area contributed by atoms with Gasteiger partial charge >= 0.3 is 0 Å². The molecule has 0 aliphatic carbocycles. The largest absolute Gasteiger partial charge is 0.394 e. The van der Waals surface area contributed by atoms with Crippen molar-refractivity contribution in [3.05, 3.63) is 35.9 Å². The van der Waals surface area contributed by atoms with Gasteiger partial charge in [-0.3, -0.25) is 0 Å². The van der Waals surface area contributed by atoms with Crippen molar-refractivity contribution < 1.29 is 5.11 Å². The van der Waals surface area contributed by atoms with E-state index < -0.39 is 0 Å². The molecule has 1 atom stereocenters. The van der Waals surface area contributed by atoms with E-state index in [1.54, 1.807) is 0 Å². The molecule has 1 unspecified atom stereocenters. The maximum Gasteiger partial charge on any atom is 0.130 e. The van der Waals surface area contributed by atoms with Crippen molar-refractivity contribution in [3.8, 4) is 0 Å². The van der Waals surface area contributed by atoms with E-state index in [4.69, 9.17) is 22.9 Å². The Hall–Kier alpha value is -1.72. The van der Waals surface area contributed by atoms with Crippen molar-refractivity contribution in [3.63, 3.8) is 0 Å². The van der Waals surface area contributed by atoms with Crippen LogP contribution in [0.2, 0.25) is 0 Å². The number of thiocarbonyl (C=S) groups is 1. The number of pyridine rings is 1. The van der Waals surface area contributed by atoms with E-state index in [0.717, 1.165) is 48.1 Å². The standard InChI is InChI=1S/C16H19N3OS/c17-16(21)13-9-15(18-14-7-2-1-6-12(13)14)19-8-4-3-5-11(19)10-20/h1-2,6-7,9,11,20H,3-5,8,10H2,(H2,17,21). The molecule has 0 spiro atoms. The number of piperidine rings is 1. The number of hydrogen-bond donors (Lipinski definition) is 2. The van der Waals surface area contributed by atoms with Gasteiger partial charge in [-0.15, -0.1) is 0 Å². The molecule has 1 aromatic carbocycles. The Morgan fingerprint density at radius 1 is 1.38 bits per heavy atom. The molecule has 1 aliphatic heterocycles. The first kappa shape index (κ1) is 14.2. The van der Waals surface area contributed by atoms with Gasteiger partial charge in [0.15, 0.2) is 0 Å². The summed E-state index contributed by atoms with van der Waals surface area (Å²) in [6.07, 6.45) is 3.26.